The summed E-state index contributed by atoms with van der Waals surface area (Å²) in [5, 5.41) is 30.9. The number of nitrogens with zero attached hydrogens (tertiary/aromatic N) is 2. The molecule has 6 N–H and O–H groups in total. The van der Waals surface area contributed by atoms with Crippen LogP contribution in [0.1, 0.15) is 46.9 Å². The first kappa shape index (κ1) is 44.3. The highest BCUT2D eigenvalue weighted by Crippen LogP contribution is 2.33. The summed E-state index contributed by atoms with van der Waals surface area (Å²) < 4.78 is 11.4. The van der Waals surface area contributed by atoms with E-state index >= 15 is 0 Å². The number of halogens is 1. The molecule has 0 spiro atoms. The van der Waals surface area contributed by atoms with E-state index in [0.717, 1.165) is 11.1 Å². The zero-order chi connectivity index (χ0) is 44.5. The smallest absolute Gasteiger partial charge is 0.411 e. The molecule has 0 bridgehead atoms. The van der Waals surface area contributed by atoms with Crippen molar-refractivity contribution in [2.75, 3.05) is 55.9 Å². The molecule has 5 aromatic carbocycles. The molecule has 1 saturated heterocycles. The summed E-state index contributed by atoms with van der Waals surface area (Å²) in [5.41, 5.74) is 4.87. The van der Waals surface area contributed by atoms with Gasteiger partial charge in [0.05, 0.1) is 35.1 Å². The molecule has 1 aliphatic rings. The monoisotopic (exact) mass is 872 g/mol. The molecule has 2 heterocycles. The first-order valence-electron chi connectivity index (χ1n) is 20.6. The second-order valence-corrected chi connectivity index (χ2v) is 15.7. The number of aliphatic hydroxyl groups is 1. The molecular formula is C48H49ClN6O8. The Morgan fingerprint density at radius 3 is 2.44 bits per heavy atom. The summed E-state index contributed by atoms with van der Waals surface area (Å²) in [6.45, 7) is 2.30. The lowest BCUT2D eigenvalue weighted by Crippen LogP contribution is -2.40. The maximum Gasteiger partial charge on any atom is 0.411 e. The number of carbonyl (C=O) groups excluding carboxylic acids is 3. The number of para-hydroxylation sites is 1. The number of rotatable bonds is 15. The molecule has 0 aliphatic carbocycles. The fourth-order valence-corrected chi connectivity index (χ4v) is 7.87. The second-order valence-electron chi connectivity index (χ2n) is 15.3. The number of phenolic OH excluding ortho intramolecular Hbond substituents is 1. The zero-order valence-corrected chi connectivity index (χ0v) is 35.7. The van der Waals surface area contributed by atoms with Crippen LogP contribution in [0.15, 0.2) is 120 Å². The van der Waals surface area contributed by atoms with Crippen molar-refractivity contribution in [3.8, 4) is 22.6 Å². The number of aliphatic hydroxyl groups excluding tert-OH is 1. The lowest BCUT2D eigenvalue weighted by atomic mass is 10.0. The first-order chi connectivity index (χ1) is 30.5. The average molecular weight is 873 g/mol. The number of fused-ring (bicyclic) bond motifs is 1. The van der Waals surface area contributed by atoms with E-state index in [2.05, 4.69) is 25.8 Å². The Kier molecular flexibility index (Phi) is 14.4. The molecule has 1 fully saturated rings. The second kappa shape index (κ2) is 20.4. The Bertz CT molecular complexity index is 2650. The maximum absolute atomic E-state index is 13.5. The number of hydrogen-bond acceptors (Lipinski definition) is 10. The van der Waals surface area contributed by atoms with Gasteiger partial charge in [-0.2, -0.15) is 0 Å². The third kappa shape index (κ3) is 11.0. The number of nitrogens with one attached hydrogen (secondary N) is 4. The van der Waals surface area contributed by atoms with Crippen LogP contribution < -0.4 is 31.1 Å². The number of H-pyrrole nitrogens is 1. The van der Waals surface area contributed by atoms with E-state index in [1.807, 2.05) is 54.6 Å². The van der Waals surface area contributed by atoms with Crippen LogP contribution in [0.4, 0.5) is 21.9 Å². The fraction of sp³-hybridized carbons (Fsp3) is 0.250. The van der Waals surface area contributed by atoms with Gasteiger partial charge in [-0.15, -0.1) is 0 Å². The van der Waals surface area contributed by atoms with Crippen molar-refractivity contribution in [1.82, 2.24) is 15.2 Å². The number of likely N-dealkylation sites (tertiary alicyclic amines) is 1. The van der Waals surface area contributed by atoms with Gasteiger partial charge < -0.3 is 45.1 Å². The summed E-state index contributed by atoms with van der Waals surface area (Å²) in [5.74, 6) is -0.189. The van der Waals surface area contributed by atoms with Crippen LogP contribution in [-0.4, -0.2) is 84.4 Å². The van der Waals surface area contributed by atoms with E-state index in [-0.39, 0.29) is 53.4 Å². The van der Waals surface area contributed by atoms with E-state index < -0.39 is 18.1 Å². The number of aromatic nitrogens is 1. The van der Waals surface area contributed by atoms with Gasteiger partial charge in [0.25, 0.3) is 5.91 Å². The molecule has 0 saturated carbocycles. The molecule has 326 valence electrons. The number of carbonyl (C=O) groups is 3. The van der Waals surface area contributed by atoms with E-state index in [1.54, 1.807) is 55.6 Å². The predicted molar refractivity (Wildman–Crippen MR) is 245 cm³/mol. The van der Waals surface area contributed by atoms with Crippen molar-refractivity contribution in [2.45, 2.75) is 38.0 Å². The zero-order valence-electron chi connectivity index (χ0n) is 34.9. The molecule has 1 atom stereocenters. The first-order valence-corrected chi connectivity index (χ1v) is 21.0. The van der Waals surface area contributed by atoms with E-state index in [1.165, 1.54) is 24.1 Å². The van der Waals surface area contributed by atoms with Crippen molar-refractivity contribution in [2.24, 2.45) is 0 Å². The number of benzene rings is 5. The van der Waals surface area contributed by atoms with Gasteiger partial charge in [0, 0.05) is 86.1 Å². The van der Waals surface area contributed by atoms with Crippen molar-refractivity contribution in [1.29, 1.82) is 0 Å². The van der Waals surface area contributed by atoms with Crippen molar-refractivity contribution < 1.29 is 34.1 Å². The van der Waals surface area contributed by atoms with Gasteiger partial charge in [-0.1, -0.05) is 72.3 Å². The quantitative estimate of drug-likeness (QED) is 0.0598. The molecule has 1 aliphatic heterocycles. The molecular weight excluding hydrogens is 824 g/mol. The van der Waals surface area contributed by atoms with Gasteiger partial charge in [-0.3, -0.25) is 19.7 Å². The molecule has 7 rings (SSSR count). The largest absolute Gasteiger partial charge is 0.506 e. The maximum atomic E-state index is 13.5. The molecule has 3 amide bonds. The number of phenols is 1. The molecule has 0 unspecified atom stereocenters. The third-order valence-electron chi connectivity index (χ3n) is 11.1. The number of hydrogen-bond donors (Lipinski definition) is 6. The molecule has 6 aromatic rings. The highest BCUT2D eigenvalue weighted by molar-refractivity contribution is 6.34. The average Bonchev–Trinajstić information content (AvgIpc) is 3.29. The van der Waals surface area contributed by atoms with Crippen LogP contribution in [0.3, 0.4) is 0 Å². The van der Waals surface area contributed by atoms with Crippen LogP contribution in [0.25, 0.3) is 22.0 Å². The van der Waals surface area contributed by atoms with Crippen LogP contribution in [0, 0.1) is 0 Å². The number of methoxy groups -OCH3 is 1. The summed E-state index contributed by atoms with van der Waals surface area (Å²) in [4.78, 5) is 57.7. The summed E-state index contributed by atoms with van der Waals surface area (Å²) >= 11 is 6.64. The number of aromatic hydroxyl groups is 1. The molecule has 15 heteroatoms. The number of ether oxygens (including phenoxy) is 2. The Morgan fingerprint density at radius 2 is 1.67 bits per heavy atom. The molecule has 14 nitrogen and oxygen atoms in total. The minimum absolute atomic E-state index is 0.0948. The number of aromatic amines is 1. The molecule has 0 radical (unpaired) electrons. The fourth-order valence-electron chi connectivity index (χ4n) is 7.64. The molecule has 1 aromatic heterocycles. The summed E-state index contributed by atoms with van der Waals surface area (Å²) in [6.07, 6.45) is -0.122. The standard InChI is InChI=1S/C48H49ClN6O8/c1-54(45(59)21-24-55-22-19-34(20-23-55)63-48(61)52-39-14-7-6-13-35(39)30-9-4-3-5-10-30)33-12-8-11-31(25-33)47(60)51-40-27-43(62-2)32(26-38(40)49)28-50-29-42(57)36-15-17-41(56)46-37(36)16-18-44(58)53-46/h3-18,25-27,34,42,50,56-57H,19-24,28-29H2,1-2H3,(H,51,60)(H,52,61)(H,53,58)/t42-/m0/s1. The lowest BCUT2D eigenvalue weighted by molar-refractivity contribution is -0.118. The summed E-state index contributed by atoms with van der Waals surface area (Å²) in [7, 11) is 3.18. The number of pyridine rings is 1. The minimum atomic E-state index is -0.967. The van der Waals surface area contributed by atoms with E-state index in [9.17, 15) is 29.4 Å². The van der Waals surface area contributed by atoms with Crippen molar-refractivity contribution in [3.05, 3.63) is 147 Å². The number of piperidine rings is 1. The lowest BCUT2D eigenvalue weighted by Gasteiger charge is -2.31. The van der Waals surface area contributed by atoms with Crippen LogP contribution in [-0.2, 0) is 16.1 Å². The van der Waals surface area contributed by atoms with Crippen molar-refractivity contribution >= 4 is 57.5 Å². The van der Waals surface area contributed by atoms with Gasteiger partial charge in [0.15, 0.2) is 0 Å². The van der Waals surface area contributed by atoms with Crippen molar-refractivity contribution in [3.63, 3.8) is 0 Å². The predicted octanol–water partition coefficient (Wildman–Crippen LogP) is 7.70. The highest BCUT2D eigenvalue weighted by atomic mass is 35.5. The van der Waals surface area contributed by atoms with E-state index in [4.69, 9.17) is 21.1 Å². The Labute approximate surface area is 369 Å². The van der Waals surface area contributed by atoms with Gasteiger partial charge in [0.2, 0.25) is 11.5 Å². The Balaban J connectivity index is 0.872. The van der Waals surface area contributed by atoms with Crippen LogP contribution in [0.5, 0.6) is 11.5 Å². The summed E-state index contributed by atoms with van der Waals surface area (Å²) in [6, 6.07) is 33.4. The minimum Gasteiger partial charge on any atom is -0.506 e. The highest BCUT2D eigenvalue weighted by Gasteiger charge is 2.24. The normalized spacial score (nSPS) is 13.6. The third-order valence-corrected chi connectivity index (χ3v) is 11.4. The van der Waals surface area contributed by atoms with Crippen LogP contribution >= 0.6 is 11.6 Å². The van der Waals surface area contributed by atoms with Gasteiger partial charge >= 0.3 is 6.09 Å². The van der Waals surface area contributed by atoms with E-state index in [0.29, 0.717) is 77.4 Å². The number of anilines is 3. The van der Waals surface area contributed by atoms with Crippen LogP contribution in [0.2, 0.25) is 5.02 Å². The Hall–Kier alpha value is -6.71. The Morgan fingerprint density at radius 1 is 0.905 bits per heavy atom. The SMILES string of the molecule is COc1cc(NC(=O)c2cccc(N(C)C(=O)CCN3CCC(OC(=O)Nc4ccccc4-c4ccccc4)CC3)c2)c(Cl)cc1CNC[C@H](O)c1ccc(O)c2[nH]c(=O)ccc12. The molecule has 63 heavy (non-hydrogen) atoms. The van der Waals surface area contributed by atoms with Gasteiger partial charge in [-0.05, 0) is 66.4 Å². The van der Waals surface area contributed by atoms with Gasteiger partial charge in [-0.25, -0.2) is 4.79 Å². The van der Waals surface area contributed by atoms with Gasteiger partial charge in [0.1, 0.15) is 17.6 Å². The topological polar surface area (TPSA) is 186 Å². The number of amides is 3.